The van der Waals surface area contributed by atoms with Crippen LogP contribution < -0.4 is 11.1 Å². The summed E-state index contributed by atoms with van der Waals surface area (Å²) in [4.78, 5) is 11.7. The molecule has 1 amide bonds. The molecule has 1 atom stereocenters. The highest BCUT2D eigenvalue weighted by Crippen LogP contribution is 2.06. The molecule has 0 spiro atoms. The second-order valence-electron chi connectivity index (χ2n) is 3.79. The maximum atomic E-state index is 11.7. The fraction of sp³-hybridized carbons (Fsp3) is 0.417. The van der Waals surface area contributed by atoms with Crippen LogP contribution in [0.15, 0.2) is 24.3 Å². The van der Waals surface area contributed by atoms with E-state index >= 15 is 0 Å². The van der Waals surface area contributed by atoms with Crippen molar-refractivity contribution in [2.24, 2.45) is 0 Å². The lowest BCUT2D eigenvalue weighted by atomic mass is 10.1. The van der Waals surface area contributed by atoms with Crippen molar-refractivity contribution in [2.45, 2.75) is 32.7 Å². The van der Waals surface area contributed by atoms with Gasteiger partial charge in [0.1, 0.15) is 0 Å². The van der Waals surface area contributed by atoms with Gasteiger partial charge in [-0.15, -0.1) is 0 Å². The molecular weight excluding hydrogens is 188 g/mol. The predicted molar refractivity (Wildman–Crippen MR) is 62.7 cm³/mol. The number of amides is 1. The Morgan fingerprint density at radius 3 is 2.53 bits per heavy atom. The average molecular weight is 206 g/mol. The Labute approximate surface area is 90.7 Å². The fourth-order valence-electron chi connectivity index (χ4n) is 1.45. The summed E-state index contributed by atoms with van der Waals surface area (Å²) in [6.45, 7) is 4.12. The van der Waals surface area contributed by atoms with Crippen molar-refractivity contribution in [3.8, 4) is 0 Å². The smallest absolute Gasteiger partial charge is 0.251 e. The van der Waals surface area contributed by atoms with Gasteiger partial charge in [-0.3, -0.25) is 4.79 Å². The molecule has 0 fully saturated rings. The van der Waals surface area contributed by atoms with E-state index in [1.54, 1.807) is 24.3 Å². The molecule has 0 unspecified atom stereocenters. The van der Waals surface area contributed by atoms with Gasteiger partial charge >= 0.3 is 0 Å². The Hall–Kier alpha value is -1.51. The molecule has 0 heterocycles. The molecule has 0 aliphatic heterocycles. The minimum Gasteiger partial charge on any atom is -0.399 e. The molecule has 0 aliphatic carbocycles. The van der Waals surface area contributed by atoms with Crippen molar-refractivity contribution in [3.05, 3.63) is 29.8 Å². The second kappa shape index (κ2) is 5.39. The lowest BCUT2D eigenvalue weighted by molar-refractivity contribution is 0.0938. The molecule has 0 saturated heterocycles. The highest BCUT2D eigenvalue weighted by Gasteiger charge is 2.08. The molecule has 82 valence electrons. The van der Waals surface area contributed by atoms with Crippen LogP contribution in [-0.4, -0.2) is 11.9 Å². The number of hydrogen-bond acceptors (Lipinski definition) is 2. The van der Waals surface area contributed by atoms with Crippen molar-refractivity contribution in [2.75, 3.05) is 5.73 Å². The van der Waals surface area contributed by atoms with Crippen LogP contribution in [0.3, 0.4) is 0 Å². The first-order valence-electron chi connectivity index (χ1n) is 5.30. The summed E-state index contributed by atoms with van der Waals surface area (Å²) < 4.78 is 0. The second-order valence-corrected chi connectivity index (χ2v) is 3.79. The first-order valence-corrected chi connectivity index (χ1v) is 5.30. The molecule has 3 nitrogen and oxygen atoms in total. The van der Waals surface area contributed by atoms with Crippen LogP contribution in [0.5, 0.6) is 0 Å². The zero-order chi connectivity index (χ0) is 11.3. The van der Waals surface area contributed by atoms with Gasteiger partial charge in [0.15, 0.2) is 0 Å². The number of carbonyl (C=O) groups excluding carboxylic acids is 1. The molecule has 1 aromatic carbocycles. The fourth-order valence-corrected chi connectivity index (χ4v) is 1.45. The van der Waals surface area contributed by atoms with Crippen molar-refractivity contribution < 1.29 is 4.79 Å². The van der Waals surface area contributed by atoms with Gasteiger partial charge in [-0.05, 0) is 37.6 Å². The first-order chi connectivity index (χ1) is 7.13. The molecule has 3 N–H and O–H groups in total. The van der Waals surface area contributed by atoms with Gasteiger partial charge in [0.05, 0.1) is 0 Å². The molecule has 1 aromatic rings. The number of rotatable bonds is 4. The van der Waals surface area contributed by atoms with Gasteiger partial charge < -0.3 is 11.1 Å². The number of anilines is 1. The van der Waals surface area contributed by atoms with Crippen LogP contribution in [0.25, 0.3) is 0 Å². The maximum Gasteiger partial charge on any atom is 0.251 e. The summed E-state index contributed by atoms with van der Waals surface area (Å²) in [5, 5.41) is 2.94. The van der Waals surface area contributed by atoms with Crippen LogP contribution in [-0.2, 0) is 0 Å². The van der Waals surface area contributed by atoms with E-state index in [0.717, 1.165) is 12.8 Å². The summed E-state index contributed by atoms with van der Waals surface area (Å²) >= 11 is 0. The number of carbonyl (C=O) groups is 1. The van der Waals surface area contributed by atoms with E-state index in [4.69, 9.17) is 5.73 Å². The van der Waals surface area contributed by atoms with E-state index in [1.165, 1.54) is 0 Å². The van der Waals surface area contributed by atoms with Gasteiger partial charge in [-0.25, -0.2) is 0 Å². The van der Waals surface area contributed by atoms with Crippen molar-refractivity contribution in [1.82, 2.24) is 5.32 Å². The minimum atomic E-state index is -0.0315. The van der Waals surface area contributed by atoms with E-state index in [-0.39, 0.29) is 11.9 Å². The summed E-state index contributed by atoms with van der Waals surface area (Å²) in [6, 6.07) is 7.17. The number of hydrogen-bond donors (Lipinski definition) is 2. The van der Waals surface area contributed by atoms with E-state index < -0.39 is 0 Å². The Kier molecular flexibility index (Phi) is 4.16. The van der Waals surface area contributed by atoms with E-state index in [1.807, 2.05) is 6.92 Å². The third-order valence-corrected chi connectivity index (χ3v) is 2.27. The zero-order valence-electron chi connectivity index (χ0n) is 9.29. The minimum absolute atomic E-state index is 0.0315. The average Bonchev–Trinajstić information content (AvgIpc) is 2.18. The molecule has 3 heteroatoms. The number of benzene rings is 1. The summed E-state index contributed by atoms with van der Waals surface area (Å²) in [7, 11) is 0. The van der Waals surface area contributed by atoms with Gasteiger partial charge in [-0.1, -0.05) is 13.3 Å². The highest BCUT2D eigenvalue weighted by molar-refractivity contribution is 5.94. The molecule has 15 heavy (non-hydrogen) atoms. The topological polar surface area (TPSA) is 55.1 Å². The summed E-state index contributed by atoms with van der Waals surface area (Å²) in [5.74, 6) is -0.0315. The third kappa shape index (κ3) is 3.62. The lowest BCUT2D eigenvalue weighted by Crippen LogP contribution is -2.32. The molecule has 0 aromatic heterocycles. The largest absolute Gasteiger partial charge is 0.399 e. The molecule has 0 bridgehead atoms. The van der Waals surface area contributed by atoms with E-state index in [9.17, 15) is 4.79 Å². The van der Waals surface area contributed by atoms with Crippen LogP contribution in [0.4, 0.5) is 5.69 Å². The Morgan fingerprint density at radius 1 is 1.40 bits per heavy atom. The normalized spacial score (nSPS) is 12.1. The van der Waals surface area contributed by atoms with E-state index in [2.05, 4.69) is 12.2 Å². The summed E-state index contributed by atoms with van der Waals surface area (Å²) in [6.07, 6.45) is 2.07. The lowest BCUT2D eigenvalue weighted by Gasteiger charge is -2.12. The molecule has 0 aliphatic rings. The molecule has 0 radical (unpaired) electrons. The van der Waals surface area contributed by atoms with Gasteiger partial charge in [-0.2, -0.15) is 0 Å². The van der Waals surface area contributed by atoms with Gasteiger partial charge in [0, 0.05) is 17.3 Å². The SMILES string of the molecule is CCC[C@@H](C)NC(=O)c1ccc(N)cc1. The van der Waals surface area contributed by atoms with Crippen molar-refractivity contribution in [3.63, 3.8) is 0 Å². The molecule has 1 rings (SSSR count). The van der Waals surface area contributed by atoms with Crippen LogP contribution in [0.2, 0.25) is 0 Å². The molecular formula is C12H18N2O. The van der Waals surface area contributed by atoms with Gasteiger partial charge in [0.25, 0.3) is 5.91 Å². The number of nitrogens with one attached hydrogen (secondary N) is 1. The predicted octanol–water partition coefficient (Wildman–Crippen LogP) is 2.19. The molecule has 0 saturated carbocycles. The zero-order valence-corrected chi connectivity index (χ0v) is 9.29. The Morgan fingerprint density at radius 2 is 2.00 bits per heavy atom. The van der Waals surface area contributed by atoms with Crippen LogP contribution in [0.1, 0.15) is 37.0 Å². The summed E-state index contributed by atoms with van der Waals surface area (Å²) in [5.41, 5.74) is 6.88. The van der Waals surface area contributed by atoms with E-state index in [0.29, 0.717) is 11.3 Å². The van der Waals surface area contributed by atoms with Gasteiger partial charge in [0.2, 0.25) is 0 Å². The number of nitrogens with two attached hydrogens (primary N) is 1. The first kappa shape index (κ1) is 11.6. The van der Waals surface area contributed by atoms with Crippen LogP contribution in [0, 0.1) is 0 Å². The Bertz CT molecular complexity index is 319. The highest BCUT2D eigenvalue weighted by atomic mass is 16.1. The maximum absolute atomic E-state index is 11.7. The quantitative estimate of drug-likeness (QED) is 0.742. The standard InChI is InChI=1S/C12H18N2O/c1-3-4-9(2)14-12(15)10-5-7-11(13)8-6-10/h5-9H,3-4,13H2,1-2H3,(H,14,15)/t9-/m1/s1. The van der Waals surface area contributed by atoms with Crippen molar-refractivity contribution >= 4 is 11.6 Å². The number of nitrogen functional groups attached to an aromatic ring is 1. The van der Waals surface area contributed by atoms with Crippen molar-refractivity contribution in [1.29, 1.82) is 0 Å². The Balaban J connectivity index is 2.57. The monoisotopic (exact) mass is 206 g/mol. The third-order valence-electron chi connectivity index (χ3n) is 2.27. The van der Waals surface area contributed by atoms with Crippen LogP contribution >= 0.6 is 0 Å².